The first kappa shape index (κ1) is 17.7. The van der Waals surface area contributed by atoms with E-state index >= 15 is 0 Å². The molecule has 1 N–H and O–H groups in total. The van der Waals surface area contributed by atoms with Crippen LogP contribution < -0.4 is 10.1 Å². The summed E-state index contributed by atoms with van der Waals surface area (Å²) in [6.45, 7) is 2.10. The Bertz CT molecular complexity index is 869. The van der Waals surface area contributed by atoms with Gasteiger partial charge in [0, 0.05) is 24.1 Å². The molecule has 1 heterocycles. The van der Waals surface area contributed by atoms with Crippen LogP contribution in [-0.2, 0) is 17.6 Å². The van der Waals surface area contributed by atoms with Gasteiger partial charge < -0.3 is 14.5 Å². The van der Waals surface area contributed by atoms with Crippen LogP contribution in [0.5, 0.6) is 5.75 Å². The second-order valence-corrected chi connectivity index (χ2v) is 5.95. The van der Waals surface area contributed by atoms with E-state index in [1.807, 2.05) is 48.5 Å². The van der Waals surface area contributed by atoms with Crippen LogP contribution in [0, 0.1) is 0 Å². The minimum Gasteiger partial charge on any atom is -0.497 e. The Kier molecular flexibility index (Phi) is 5.69. The number of benzene rings is 2. The van der Waals surface area contributed by atoms with Gasteiger partial charge in [0.05, 0.1) is 13.3 Å². The third-order valence-electron chi connectivity index (χ3n) is 4.12. The molecule has 26 heavy (non-hydrogen) atoms. The van der Waals surface area contributed by atoms with E-state index < -0.39 is 0 Å². The summed E-state index contributed by atoms with van der Waals surface area (Å²) in [7, 11) is 1.62. The summed E-state index contributed by atoms with van der Waals surface area (Å²) in [5, 5.41) is 2.89. The highest BCUT2D eigenvalue weighted by Gasteiger charge is 2.10. The Balaban J connectivity index is 1.56. The van der Waals surface area contributed by atoms with Gasteiger partial charge in [-0.3, -0.25) is 4.79 Å². The van der Waals surface area contributed by atoms with Crippen LogP contribution in [0.3, 0.4) is 0 Å². The highest BCUT2D eigenvalue weighted by Crippen LogP contribution is 2.24. The Morgan fingerprint density at radius 2 is 2.00 bits per heavy atom. The first-order chi connectivity index (χ1) is 12.7. The summed E-state index contributed by atoms with van der Waals surface area (Å²) in [5.41, 5.74) is 2.94. The number of nitrogens with one attached hydrogen (secondary N) is 1. The molecule has 0 saturated heterocycles. The van der Waals surface area contributed by atoms with Crippen LogP contribution in [-0.4, -0.2) is 18.0 Å². The maximum atomic E-state index is 12.1. The number of hydrogen-bond acceptors (Lipinski definition) is 4. The van der Waals surface area contributed by atoms with Gasteiger partial charge in [0.2, 0.25) is 5.91 Å². The lowest BCUT2D eigenvalue weighted by Crippen LogP contribution is -2.12. The molecule has 0 aliphatic heterocycles. The molecule has 0 unspecified atom stereocenters. The Morgan fingerprint density at radius 1 is 1.19 bits per heavy atom. The monoisotopic (exact) mass is 350 g/mol. The van der Waals surface area contributed by atoms with E-state index in [4.69, 9.17) is 9.15 Å². The van der Waals surface area contributed by atoms with Crippen molar-refractivity contribution in [2.75, 3.05) is 12.4 Å². The fourth-order valence-corrected chi connectivity index (χ4v) is 2.60. The van der Waals surface area contributed by atoms with Crippen molar-refractivity contribution in [1.29, 1.82) is 0 Å². The summed E-state index contributed by atoms with van der Waals surface area (Å²) in [4.78, 5) is 16.4. The third kappa shape index (κ3) is 4.51. The van der Waals surface area contributed by atoms with Crippen molar-refractivity contribution in [2.24, 2.45) is 0 Å². The van der Waals surface area contributed by atoms with Crippen molar-refractivity contribution < 1.29 is 13.9 Å². The molecular formula is C21H22N2O3. The van der Waals surface area contributed by atoms with Gasteiger partial charge in [-0.2, -0.15) is 0 Å². The van der Waals surface area contributed by atoms with Crippen LogP contribution in [0.15, 0.2) is 59.1 Å². The first-order valence-corrected chi connectivity index (χ1v) is 8.66. The lowest BCUT2D eigenvalue weighted by molar-refractivity contribution is -0.116. The van der Waals surface area contributed by atoms with E-state index in [9.17, 15) is 4.79 Å². The van der Waals surface area contributed by atoms with Crippen LogP contribution in [0.1, 0.15) is 24.8 Å². The average Bonchev–Trinajstić information content (AvgIpc) is 3.16. The Hall–Kier alpha value is -3.08. The van der Waals surface area contributed by atoms with Crippen molar-refractivity contribution in [3.63, 3.8) is 0 Å². The quantitative estimate of drug-likeness (QED) is 0.682. The van der Waals surface area contributed by atoms with Gasteiger partial charge in [-0.25, -0.2) is 4.98 Å². The lowest BCUT2D eigenvalue weighted by atomic mass is 10.1. The molecule has 1 aromatic heterocycles. The Morgan fingerprint density at radius 3 is 2.73 bits per heavy atom. The predicted molar refractivity (Wildman–Crippen MR) is 101 cm³/mol. The van der Waals surface area contributed by atoms with E-state index in [-0.39, 0.29) is 5.91 Å². The number of carbonyl (C=O) groups excluding carboxylic acids is 1. The number of anilines is 1. The minimum atomic E-state index is -0.0598. The van der Waals surface area contributed by atoms with Gasteiger partial charge in [0.1, 0.15) is 5.75 Å². The number of methoxy groups -OCH3 is 1. The number of aromatic nitrogens is 1. The molecule has 0 fully saturated rings. The highest BCUT2D eigenvalue weighted by molar-refractivity contribution is 5.90. The third-order valence-corrected chi connectivity index (χ3v) is 4.12. The topological polar surface area (TPSA) is 64.4 Å². The number of amides is 1. The van der Waals surface area contributed by atoms with Crippen LogP contribution in [0.25, 0.3) is 11.3 Å². The molecular weight excluding hydrogens is 328 g/mol. The summed E-state index contributed by atoms with van der Waals surface area (Å²) in [6.07, 6.45) is 3.41. The normalized spacial score (nSPS) is 10.5. The highest BCUT2D eigenvalue weighted by atomic mass is 16.5. The molecule has 3 rings (SSSR count). The zero-order valence-corrected chi connectivity index (χ0v) is 15.0. The number of hydrogen-bond donors (Lipinski definition) is 1. The van der Waals surface area contributed by atoms with Gasteiger partial charge in [0.25, 0.3) is 0 Å². The summed E-state index contributed by atoms with van der Waals surface area (Å²) < 4.78 is 11.0. The lowest BCUT2D eigenvalue weighted by Gasteiger charge is -2.05. The van der Waals surface area contributed by atoms with E-state index in [2.05, 4.69) is 17.2 Å². The van der Waals surface area contributed by atoms with E-state index in [0.29, 0.717) is 24.5 Å². The summed E-state index contributed by atoms with van der Waals surface area (Å²) >= 11 is 0. The average molecular weight is 350 g/mol. The Labute approximate surface area is 153 Å². The maximum Gasteiger partial charge on any atom is 0.224 e. The molecule has 2 aromatic carbocycles. The molecule has 0 radical (unpaired) electrons. The van der Waals surface area contributed by atoms with E-state index in [0.717, 1.165) is 23.4 Å². The molecule has 0 atom stereocenters. The van der Waals surface area contributed by atoms with Crippen molar-refractivity contribution in [1.82, 2.24) is 4.98 Å². The minimum absolute atomic E-state index is 0.0598. The SMILES string of the molecule is CCc1ccc(NC(=O)CCc2ncc(-c3cccc(OC)c3)o2)cc1. The van der Waals surface area contributed by atoms with Gasteiger partial charge in [0.15, 0.2) is 11.7 Å². The number of aryl methyl sites for hydroxylation is 2. The fraction of sp³-hybridized carbons (Fsp3) is 0.238. The maximum absolute atomic E-state index is 12.1. The molecule has 0 saturated carbocycles. The van der Waals surface area contributed by atoms with E-state index in [1.54, 1.807) is 13.3 Å². The molecule has 1 amide bonds. The largest absolute Gasteiger partial charge is 0.497 e. The second kappa shape index (κ2) is 8.34. The molecule has 5 heteroatoms. The molecule has 0 aliphatic rings. The number of rotatable bonds is 7. The van der Waals surface area contributed by atoms with Gasteiger partial charge in [-0.1, -0.05) is 31.2 Å². The molecule has 3 aromatic rings. The predicted octanol–water partition coefficient (Wildman–Crippen LogP) is 4.48. The van der Waals surface area contributed by atoms with Crippen molar-refractivity contribution in [2.45, 2.75) is 26.2 Å². The second-order valence-electron chi connectivity index (χ2n) is 5.95. The molecule has 0 aliphatic carbocycles. The zero-order chi connectivity index (χ0) is 18.4. The number of ether oxygens (including phenoxy) is 1. The van der Waals surface area contributed by atoms with Gasteiger partial charge in [-0.15, -0.1) is 0 Å². The molecule has 134 valence electrons. The summed E-state index contributed by atoms with van der Waals surface area (Å²) in [5.74, 6) is 1.90. The first-order valence-electron chi connectivity index (χ1n) is 8.66. The molecule has 5 nitrogen and oxygen atoms in total. The summed E-state index contributed by atoms with van der Waals surface area (Å²) in [6, 6.07) is 15.5. The number of oxazole rings is 1. The fourth-order valence-electron chi connectivity index (χ4n) is 2.60. The van der Waals surface area contributed by atoms with Gasteiger partial charge in [-0.05, 0) is 36.2 Å². The van der Waals surface area contributed by atoms with Gasteiger partial charge >= 0.3 is 0 Å². The van der Waals surface area contributed by atoms with E-state index in [1.165, 1.54) is 5.56 Å². The number of carbonyl (C=O) groups is 1. The molecule has 0 spiro atoms. The zero-order valence-electron chi connectivity index (χ0n) is 15.0. The van der Waals surface area contributed by atoms with Crippen molar-refractivity contribution >= 4 is 11.6 Å². The van der Waals surface area contributed by atoms with Crippen LogP contribution in [0.2, 0.25) is 0 Å². The van der Waals surface area contributed by atoms with Crippen molar-refractivity contribution in [3.8, 4) is 17.1 Å². The standard InChI is InChI=1S/C21H22N2O3/c1-3-15-7-9-17(10-8-15)23-20(24)11-12-21-22-14-19(26-21)16-5-4-6-18(13-16)25-2/h4-10,13-14H,3,11-12H2,1-2H3,(H,23,24). The number of nitrogens with zero attached hydrogens (tertiary/aromatic N) is 1. The molecule has 0 bridgehead atoms. The van der Waals surface area contributed by atoms with Crippen LogP contribution >= 0.6 is 0 Å². The van der Waals surface area contributed by atoms with Crippen molar-refractivity contribution in [3.05, 3.63) is 66.2 Å². The smallest absolute Gasteiger partial charge is 0.224 e. The van der Waals surface area contributed by atoms with Crippen LogP contribution in [0.4, 0.5) is 5.69 Å².